The number of aromatic nitrogens is 1. The van der Waals surface area contributed by atoms with Crippen molar-refractivity contribution in [3.8, 4) is 5.88 Å². The van der Waals surface area contributed by atoms with E-state index in [1.54, 1.807) is 13.3 Å². The number of pyridine rings is 1. The molecule has 1 aromatic rings. The Kier molecular flexibility index (Phi) is 2.99. The number of hydrogen-bond donors (Lipinski definition) is 1. The van der Waals surface area contributed by atoms with Crippen molar-refractivity contribution >= 4 is 0 Å². The molecule has 0 bridgehead atoms. The Labute approximate surface area is 84.5 Å². The second-order valence-electron chi connectivity index (χ2n) is 3.60. The Hall–Kier alpha value is -1.09. The molecule has 0 saturated carbocycles. The van der Waals surface area contributed by atoms with Crippen LogP contribution in [0.15, 0.2) is 18.3 Å². The molecule has 1 aliphatic rings. The van der Waals surface area contributed by atoms with Crippen LogP contribution in [0.5, 0.6) is 5.88 Å². The highest BCUT2D eigenvalue weighted by Gasteiger charge is 2.18. The number of piperidine rings is 1. The zero-order chi connectivity index (χ0) is 9.80. The molecule has 0 unspecified atom stereocenters. The van der Waals surface area contributed by atoms with Crippen LogP contribution in [-0.2, 0) is 0 Å². The minimum absolute atomic E-state index is 0.424. The topological polar surface area (TPSA) is 34.1 Å². The molecule has 1 saturated heterocycles. The van der Waals surface area contributed by atoms with E-state index in [-0.39, 0.29) is 0 Å². The van der Waals surface area contributed by atoms with E-state index < -0.39 is 0 Å². The van der Waals surface area contributed by atoms with Crippen molar-refractivity contribution in [2.45, 2.75) is 25.3 Å². The summed E-state index contributed by atoms with van der Waals surface area (Å²) in [7, 11) is 1.68. The average molecular weight is 192 g/mol. The Morgan fingerprint density at radius 3 is 3.14 bits per heavy atom. The molecule has 2 heterocycles. The summed E-state index contributed by atoms with van der Waals surface area (Å²) < 4.78 is 5.25. The van der Waals surface area contributed by atoms with Crippen LogP contribution < -0.4 is 10.1 Å². The molecule has 1 aliphatic heterocycles. The van der Waals surface area contributed by atoms with Crippen molar-refractivity contribution < 1.29 is 4.74 Å². The summed E-state index contributed by atoms with van der Waals surface area (Å²) in [6.07, 6.45) is 5.52. The lowest BCUT2D eigenvalue weighted by Crippen LogP contribution is -2.27. The highest BCUT2D eigenvalue weighted by molar-refractivity contribution is 5.29. The lowest BCUT2D eigenvalue weighted by Gasteiger charge is -2.24. The smallest absolute Gasteiger partial charge is 0.217 e. The van der Waals surface area contributed by atoms with Crippen LogP contribution in [0.4, 0.5) is 0 Å². The molecule has 1 aromatic heterocycles. The first-order valence-electron chi connectivity index (χ1n) is 5.14. The number of ether oxygens (including phenoxy) is 1. The van der Waals surface area contributed by atoms with Crippen molar-refractivity contribution in [2.24, 2.45) is 0 Å². The summed E-state index contributed by atoms with van der Waals surface area (Å²) in [4.78, 5) is 4.21. The van der Waals surface area contributed by atoms with Gasteiger partial charge < -0.3 is 10.1 Å². The molecule has 76 valence electrons. The van der Waals surface area contributed by atoms with Gasteiger partial charge in [0.2, 0.25) is 5.88 Å². The predicted octanol–water partition coefficient (Wildman–Crippen LogP) is 1.90. The fourth-order valence-electron chi connectivity index (χ4n) is 1.96. The number of rotatable bonds is 2. The Bertz CT molecular complexity index is 295. The third-order valence-electron chi connectivity index (χ3n) is 2.68. The van der Waals surface area contributed by atoms with Gasteiger partial charge in [0.15, 0.2) is 0 Å². The Morgan fingerprint density at radius 2 is 2.43 bits per heavy atom. The fraction of sp³-hybridized carbons (Fsp3) is 0.545. The molecule has 0 spiro atoms. The first-order valence-corrected chi connectivity index (χ1v) is 5.14. The molecule has 0 amide bonds. The van der Waals surface area contributed by atoms with Crippen molar-refractivity contribution in [3.63, 3.8) is 0 Å². The molecule has 3 nitrogen and oxygen atoms in total. The van der Waals surface area contributed by atoms with Gasteiger partial charge in [-0.25, -0.2) is 4.98 Å². The lowest BCUT2D eigenvalue weighted by molar-refractivity contribution is 0.362. The number of methoxy groups -OCH3 is 1. The van der Waals surface area contributed by atoms with E-state index in [4.69, 9.17) is 4.74 Å². The van der Waals surface area contributed by atoms with Crippen LogP contribution in [0, 0.1) is 0 Å². The molecule has 1 N–H and O–H groups in total. The standard InChI is InChI=1S/C11H16N2O/c1-14-11-9(5-4-8-13-11)10-6-2-3-7-12-10/h4-5,8,10,12H,2-3,6-7H2,1H3/t10-/m1/s1. The van der Waals surface area contributed by atoms with Gasteiger partial charge in [-0.05, 0) is 25.5 Å². The van der Waals surface area contributed by atoms with Crippen molar-refractivity contribution in [1.29, 1.82) is 0 Å². The summed E-state index contributed by atoms with van der Waals surface area (Å²) in [6.45, 7) is 1.10. The molecule has 2 rings (SSSR count). The van der Waals surface area contributed by atoms with E-state index in [0.29, 0.717) is 6.04 Å². The molecule has 14 heavy (non-hydrogen) atoms. The third-order valence-corrected chi connectivity index (χ3v) is 2.68. The van der Waals surface area contributed by atoms with Gasteiger partial charge in [0, 0.05) is 17.8 Å². The van der Waals surface area contributed by atoms with Gasteiger partial charge in [0.05, 0.1) is 7.11 Å². The van der Waals surface area contributed by atoms with Gasteiger partial charge in [0.25, 0.3) is 0 Å². The monoisotopic (exact) mass is 192 g/mol. The molecule has 3 heteroatoms. The van der Waals surface area contributed by atoms with E-state index in [1.807, 2.05) is 6.07 Å². The van der Waals surface area contributed by atoms with Crippen molar-refractivity contribution in [3.05, 3.63) is 23.9 Å². The summed E-state index contributed by atoms with van der Waals surface area (Å²) in [5.74, 6) is 0.756. The van der Waals surface area contributed by atoms with Gasteiger partial charge in [0.1, 0.15) is 0 Å². The first kappa shape index (κ1) is 9.46. The first-order chi connectivity index (χ1) is 6.92. The van der Waals surface area contributed by atoms with Gasteiger partial charge in [-0.2, -0.15) is 0 Å². The minimum Gasteiger partial charge on any atom is -0.481 e. The summed E-state index contributed by atoms with van der Waals surface area (Å²) >= 11 is 0. The maximum Gasteiger partial charge on any atom is 0.217 e. The largest absolute Gasteiger partial charge is 0.481 e. The summed E-state index contributed by atoms with van der Waals surface area (Å²) in [5, 5.41) is 3.49. The molecular weight excluding hydrogens is 176 g/mol. The van der Waals surface area contributed by atoms with Crippen LogP contribution >= 0.6 is 0 Å². The molecule has 1 atom stereocenters. The lowest BCUT2D eigenvalue weighted by atomic mass is 9.98. The van der Waals surface area contributed by atoms with E-state index >= 15 is 0 Å². The maximum atomic E-state index is 5.25. The van der Waals surface area contributed by atoms with E-state index in [0.717, 1.165) is 12.4 Å². The van der Waals surface area contributed by atoms with Crippen LogP contribution in [0.2, 0.25) is 0 Å². The van der Waals surface area contributed by atoms with Crippen LogP contribution in [0.1, 0.15) is 30.9 Å². The molecule has 0 aliphatic carbocycles. The Balaban J connectivity index is 2.20. The van der Waals surface area contributed by atoms with Gasteiger partial charge >= 0.3 is 0 Å². The second kappa shape index (κ2) is 4.42. The quantitative estimate of drug-likeness (QED) is 0.777. The predicted molar refractivity (Wildman–Crippen MR) is 55.4 cm³/mol. The highest BCUT2D eigenvalue weighted by atomic mass is 16.5. The van der Waals surface area contributed by atoms with Crippen LogP contribution in [-0.4, -0.2) is 18.6 Å². The van der Waals surface area contributed by atoms with Crippen LogP contribution in [0.3, 0.4) is 0 Å². The second-order valence-corrected chi connectivity index (χ2v) is 3.60. The Morgan fingerprint density at radius 1 is 1.50 bits per heavy atom. The average Bonchev–Trinajstić information content (AvgIpc) is 2.30. The zero-order valence-corrected chi connectivity index (χ0v) is 8.49. The molecule has 0 aromatic carbocycles. The van der Waals surface area contributed by atoms with Crippen molar-refractivity contribution in [2.75, 3.05) is 13.7 Å². The third kappa shape index (κ3) is 1.87. The van der Waals surface area contributed by atoms with E-state index in [2.05, 4.69) is 16.4 Å². The minimum atomic E-state index is 0.424. The number of hydrogen-bond acceptors (Lipinski definition) is 3. The molecule has 1 fully saturated rings. The molecule has 0 radical (unpaired) electrons. The maximum absolute atomic E-state index is 5.25. The zero-order valence-electron chi connectivity index (χ0n) is 8.49. The van der Waals surface area contributed by atoms with Gasteiger partial charge in [-0.3, -0.25) is 0 Å². The van der Waals surface area contributed by atoms with E-state index in [1.165, 1.54) is 24.8 Å². The van der Waals surface area contributed by atoms with Crippen LogP contribution in [0.25, 0.3) is 0 Å². The van der Waals surface area contributed by atoms with Gasteiger partial charge in [-0.1, -0.05) is 12.5 Å². The normalized spacial score (nSPS) is 21.9. The number of nitrogens with zero attached hydrogens (tertiary/aromatic N) is 1. The molecular formula is C11H16N2O. The van der Waals surface area contributed by atoms with E-state index in [9.17, 15) is 0 Å². The fourth-order valence-corrected chi connectivity index (χ4v) is 1.96. The van der Waals surface area contributed by atoms with Crippen molar-refractivity contribution in [1.82, 2.24) is 10.3 Å². The highest BCUT2D eigenvalue weighted by Crippen LogP contribution is 2.28. The SMILES string of the molecule is COc1ncccc1[C@H]1CCCCN1. The summed E-state index contributed by atoms with van der Waals surface area (Å²) in [6, 6.07) is 4.48. The van der Waals surface area contributed by atoms with Gasteiger partial charge in [-0.15, -0.1) is 0 Å². The summed E-state index contributed by atoms with van der Waals surface area (Å²) in [5.41, 5.74) is 1.19. The number of nitrogens with one attached hydrogen (secondary N) is 1.